The van der Waals surface area contributed by atoms with E-state index in [4.69, 9.17) is 9.47 Å². The predicted octanol–water partition coefficient (Wildman–Crippen LogP) is 4.86. The highest BCUT2D eigenvalue weighted by Crippen LogP contribution is 2.49. The lowest BCUT2D eigenvalue weighted by Crippen LogP contribution is -2.53. The second kappa shape index (κ2) is 9.27. The van der Waals surface area contributed by atoms with Crippen molar-refractivity contribution in [1.82, 2.24) is 0 Å². The molecule has 5 heteroatoms. The molecule has 3 aromatic carbocycles. The fraction of sp³-hybridized carbons (Fsp3) is 0.259. The molecular weight excluding hydrogens is 402 g/mol. The van der Waals surface area contributed by atoms with Crippen LogP contribution in [0.25, 0.3) is 0 Å². The monoisotopic (exact) mass is 429 g/mol. The van der Waals surface area contributed by atoms with Crippen molar-refractivity contribution in [3.63, 3.8) is 0 Å². The number of rotatable bonds is 7. The average molecular weight is 430 g/mol. The summed E-state index contributed by atoms with van der Waals surface area (Å²) in [6, 6.07) is 26.5. The van der Waals surface area contributed by atoms with Gasteiger partial charge in [0, 0.05) is 30.1 Å². The maximum atomic E-state index is 13.6. The van der Waals surface area contributed by atoms with Gasteiger partial charge in [-0.3, -0.25) is 4.79 Å². The van der Waals surface area contributed by atoms with Gasteiger partial charge in [-0.15, -0.1) is 0 Å². The number of carbonyl (C=O) groups is 2. The van der Waals surface area contributed by atoms with Gasteiger partial charge in [-0.05, 0) is 36.2 Å². The van der Waals surface area contributed by atoms with Crippen molar-refractivity contribution in [3.05, 3.63) is 96.1 Å². The van der Waals surface area contributed by atoms with Gasteiger partial charge in [0.05, 0.1) is 14.2 Å². The minimum absolute atomic E-state index is 0.0244. The van der Waals surface area contributed by atoms with Gasteiger partial charge < -0.3 is 14.4 Å². The van der Waals surface area contributed by atoms with Crippen LogP contribution in [0.3, 0.4) is 0 Å². The highest BCUT2D eigenvalue weighted by atomic mass is 16.5. The Labute approximate surface area is 188 Å². The minimum Gasteiger partial charge on any atom is -0.497 e. The molecule has 0 amide bonds. The SMILES string of the molecule is COC(=O)[C@]1(c2ccccc2)[C@H](CC(=O)c2ccccc2)CCN1c1ccc(OC)cc1. The summed E-state index contributed by atoms with van der Waals surface area (Å²) in [5, 5.41) is 0. The molecule has 0 aliphatic carbocycles. The third-order valence-electron chi connectivity index (χ3n) is 6.34. The van der Waals surface area contributed by atoms with Crippen molar-refractivity contribution in [2.45, 2.75) is 18.4 Å². The summed E-state index contributed by atoms with van der Waals surface area (Å²) in [4.78, 5) is 28.8. The molecule has 0 aromatic heterocycles. The first kappa shape index (κ1) is 21.6. The number of esters is 1. The van der Waals surface area contributed by atoms with Crippen LogP contribution in [0.4, 0.5) is 5.69 Å². The molecule has 1 heterocycles. The molecule has 5 nitrogen and oxygen atoms in total. The van der Waals surface area contributed by atoms with Crippen LogP contribution in [0.2, 0.25) is 0 Å². The minimum atomic E-state index is -1.10. The normalized spacial score (nSPS) is 20.1. The molecule has 0 radical (unpaired) electrons. The van der Waals surface area contributed by atoms with Crippen LogP contribution in [-0.2, 0) is 15.1 Å². The van der Waals surface area contributed by atoms with Crippen LogP contribution in [0.5, 0.6) is 5.75 Å². The number of Topliss-reactive ketones (excluding diaryl/α,β-unsaturated/α-hetero) is 1. The predicted molar refractivity (Wildman–Crippen MR) is 124 cm³/mol. The Morgan fingerprint density at radius 3 is 2.12 bits per heavy atom. The zero-order valence-corrected chi connectivity index (χ0v) is 18.4. The second-order valence-corrected chi connectivity index (χ2v) is 7.95. The fourth-order valence-electron chi connectivity index (χ4n) is 4.84. The highest BCUT2D eigenvalue weighted by Gasteiger charge is 2.57. The number of ether oxygens (including phenoxy) is 2. The van der Waals surface area contributed by atoms with Crippen molar-refractivity contribution in [1.29, 1.82) is 0 Å². The summed E-state index contributed by atoms with van der Waals surface area (Å²) in [7, 11) is 3.03. The Morgan fingerprint density at radius 2 is 1.53 bits per heavy atom. The maximum absolute atomic E-state index is 13.6. The first-order chi connectivity index (χ1) is 15.6. The Balaban J connectivity index is 1.81. The van der Waals surface area contributed by atoms with Crippen LogP contribution >= 0.6 is 0 Å². The molecule has 1 aliphatic rings. The van der Waals surface area contributed by atoms with Crippen LogP contribution in [0, 0.1) is 5.92 Å². The topological polar surface area (TPSA) is 55.8 Å². The van der Waals surface area contributed by atoms with Crippen LogP contribution in [-0.4, -0.2) is 32.5 Å². The van der Waals surface area contributed by atoms with E-state index in [1.807, 2.05) is 84.9 Å². The van der Waals surface area contributed by atoms with Crippen LogP contribution in [0.1, 0.15) is 28.8 Å². The van der Waals surface area contributed by atoms with Crippen molar-refractivity contribution >= 4 is 17.4 Å². The Bertz CT molecular complexity index is 1070. The number of ketones is 1. The van der Waals surface area contributed by atoms with E-state index >= 15 is 0 Å². The fourth-order valence-corrected chi connectivity index (χ4v) is 4.84. The zero-order valence-electron chi connectivity index (χ0n) is 18.4. The lowest BCUT2D eigenvalue weighted by molar-refractivity contribution is -0.149. The number of methoxy groups -OCH3 is 2. The Kier molecular flexibility index (Phi) is 6.26. The van der Waals surface area contributed by atoms with E-state index in [0.717, 1.165) is 17.0 Å². The summed E-state index contributed by atoms with van der Waals surface area (Å²) in [5.41, 5.74) is 1.26. The average Bonchev–Trinajstić information content (AvgIpc) is 3.24. The van der Waals surface area contributed by atoms with Gasteiger partial charge in [-0.25, -0.2) is 4.79 Å². The van der Waals surface area contributed by atoms with E-state index in [1.165, 1.54) is 7.11 Å². The van der Waals surface area contributed by atoms with E-state index in [0.29, 0.717) is 18.5 Å². The lowest BCUT2D eigenvalue weighted by atomic mass is 9.75. The number of anilines is 1. The van der Waals surface area contributed by atoms with Gasteiger partial charge in [-0.2, -0.15) is 0 Å². The molecule has 4 rings (SSSR count). The third-order valence-corrected chi connectivity index (χ3v) is 6.34. The molecule has 164 valence electrons. The molecule has 0 spiro atoms. The van der Waals surface area contributed by atoms with E-state index in [9.17, 15) is 9.59 Å². The molecule has 0 unspecified atom stereocenters. The number of hydrogen-bond donors (Lipinski definition) is 0. The van der Waals surface area contributed by atoms with E-state index < -0.39 is 5.54 Å². The first-order valence-electron chi connectivity index (χ1n) is 10.7. The number of nitrogens with zero attached hydrogens (tertiary/aromatic N) is 1. The number of benzene rings is 3. The van der Waals surface area contributed by atoms with Crippen molar-refractivity contribution < 1.29 is 19.1 Å². The maximum Gasteiger partial charge on any atom is 0.336 e. The second-order valence-electron chi connectivity index (χ2n) is 7.95. The molecule has 32 heavy (non-hydrogen) atoms. The lowest BCUT2D eigenvalue weighted by Gasteiger charge is -2.41. The summed E-state index contributed by atoms with van der Waals surface area (Å²) in [6.45, 7) is 0.628. The van der Waals surface area contributed by atoms with E-state index in [2.05, 4.69) is 4.90 Å². The zero-order chi connectivity index (χ0) is 22.6. The molecular formula is C27H27NO4. The summed E-state index contributed by atoms with van der Waals surface area (Å²) >= 11 is 0. The molecule has 0 bridgehead atoms. The van der Waals surface area contributed by atoms with Gasteiger partial charge in [0.1, 0.15) is 5.75 Å². The van der Waals surface area contributed by atoms with Gasteiger partial charge in [0.2, 0.25) is 0 Å². The molecule has 3 aromatic rings. The largest absolute Gasteiger partial charge is 0.497 e. The molecule has 0 N–H and O–H groups in total. The van der Waals surface area contributed by atoms with Crippen molar-refractivity contribution in [2.24, 2.45) is 5.92 Å². The molecule has 1 aliphatic heterocycles. The number of carbonyl (C=O) groups excluding carboxylic acids is 2. The third kappa shape index (κ3) is 3.75. The van der Waals surface area contributed by atoms with Crippen molar-refractivity contribution in [2.75, 3.05) is 25.7 Å². The molecule has 1 saturated heterocycles. The van der Waals surface area contributed by atoms with Gasteiger partial charge in [0.25, 0.3) is 0 Å². The van der Waals surface area contributed by atoms with E-state index in [1.54, 1.807) is 7.11 Å². The van der Waals surface area contributed by atoms with Crippen molar-refractivity contribution in [3.8, 4) is 5.75 Å². The smallest absolute Gasteiger partial charge is 0.336 e. The standard InChI is InChI=1S/C27H27NO4/c1-31-24-15-13-23(14-16-24)28-18-17-22(19-25(29)20-9-5-3-6-10-20)27(28,26(30)32-2)21-11-7-4-8-12-21/h3-16,22H,17-19H2,1-2H3/t22-,27-/m0/s1. The summed E-state index contributed by atoms with van der Waals surface area (Å²) in [6.07, 6.45) is 0.940. The molecule has 0 saturated carbocycles. The van der Waals surface area contributed by atoms with Gasteiger partial charge in [-0.1, -0.05) is 60.7 Å². The first-order valence-corrected chi connectivity index (χ1v) is 10.7. The van der Waals surface area contributed by atoms with Gasteiger partial charge >= 0.3 is 5.97 Å². The molecule has 2 atom stereocenters. The Hall–Kier alpha value is -3.60. The van der Waals surface area contributed by atoms with Crippen LogP contribution < -0.4 is 9.64 Å². The number of hydrogen-bond acceptors (Lipinski definition) is 5. The molecule has 1 fully saturated rings. The van der Waals surface area contributed by atoms with Gasteiger partial charge in [0.15, 0.2) is 11.3 Å². The Morgan fingerprint density at radius 1 is 0.906 bits per heavy atom. The summed E-state index contributed by atoms with van der Waals surface area (Å²) in [5.74, 6) is 0.165. The van der Waals surface area contributed by atoms with E-state index in [-0.39, 0.29) is 24.1 Å². The highest BCUT2D eigenvalue weighted by molar-refractivity contribution is 5.97. The quantitative estimate of drug-likeness (QED) is 0.396. The summed E-state index contributed by atoms with van der Waals surface area (Å²) < 4.78 is 10.7. The van der Waals surface area contributed by atoms with Crippen LogP contribution in [0.15, 0.2) is 84.9 Å².